The Labute approximate surface area is 185 Å². The molecule has 7 nitrogen and oxygen atoms in total. The zero-order valence-corrected chi connectivity index (χ0v) is 18.6. The van der Waals surface area contributed by atoms with Crippen LogP contribution in [0.2, 0.25) is 10.0 Å². The highest BCUT2D eigenvalue weighted by molar-refractivity contribution is 6.42. The Kier molecular flexibility index (Phi) is 5.75. The topological polar surface area (TPSA) is 65.2 Å². The first kappa shape index (κ1) is 20.8. The summed E-state index contributed by atoms with van der Waals surface area (Å²) in [5.74, 6) is 1.47. The minimum absolute atomic E-state index is 0.0894. The van der Waals surface area contributed by atoms with E-state index in [1.807, 2.05) is 22.7 Å². The van der Waals surface area contributed by atoms with Gasteiger partial charge < -0.3 is 14.2 Å². The molecule has 3 aromatic rings. The first-order chi connectivity index (χ1) is 14.4. The second-order valence-electron chi connectivity index (χ2n) is 7.45. The number of rotatable bonds is 4. The third-order valence-electron chi connectivity index (χ3n) is 5.43. The minimum atomic E-state index is -0.124. The number of carbonyl (C=O) groups is 1. The number of likely N-dealkylation sites (tertiary alicyclic amines) is 1. The fourth-order valence-electron chi connectivity index (χ4n) is 3.95. The molecule has 1 aliphatic rings. The molecule has 2 aromatic heterocycles. The highest BCUT2D eigenvalue weighted by Gasteiger charge is 2.35. The van der Waals surface area contributed by atoms with E-state index in [-0.39, 0.29) is 11.9 Å². The average Bonchev–Trinajstić information content (AvgIpc) is 3.27. The molecule has 1 amide bonds. The van der Waals surface area contributed by atoms with E-state index in [4.69, 9.17) is 27.9 Å². The van der Waals surface area contributed by atoms with Crippen LogP contribution in [0.5, 0.6) is 11.6 Å². The Bertz CT molecular complexity index is 1090. The molecule has 3 heterocycles. The molecule has 0 aliphatic carbocycles. The molecule has 30 heavy (non-hydrogen) atoms. The van der Waals surface area contributed by atoms with Gasteiger partial charge in [0.1, 0.15) is 22.2 Å². The lowest BCUT2D eigenvalue weighted by Gasteiger charge is -2.35. The average molecular weight is 448 g/mol. The number of carbonyl (C=O) groups excluding carboxylic acids is 1. The summed E-state index contributed by atoms with van der Waals surface area (Å²) < 4.78 is 9.57. The summed E-state index contributed by atoms with van der Waals surface area (Å²) in [5.41, 5.74) is 1.02. The lowest BCUT2D eigenvalue weighted by atomic mass is 10.00. The van der Waals surface area contributed by atoms with Gasteiger partial charge in [0, 0.05) is 33.0 Å². The molecule has 1 aromatic carbocycles. The number of hydrogen-bond donors (Lipinski definition) is 0. The number of halogens is 2. The maximum atomic E-state index is 13.7. The van der Waals surface area contributed by atoms with Crippen LogP contribution in [0, 0.1) is 6.92 Å². The van der Waals surface area contributed by atoms with E-state index >= 15 is 0 Å². The Morgan fingerprint density at radius 3 is 2.77 bits per heavy atom. The highest BCUT2D eigenvalue weighted by Crippen LogP contribution is 2.38. The molecule has 1 atom stereocenters. The van der Waals surface area contributed by atoms with Crippen molar-refractivity contribution in [3.8, 4) is 11.6 Å². The molecule has 9 heteroatoms. The number of ether oxygens (including phenoxy) is 1. The Morgan fingerprint density at radius 2 is 2.03 bits per heavy atom. The third kappa shape index (κ3) is 3.68. The molecule has 1 fully saturated rings. The van der Waals surface area contributed by atoms with Crippen LogP contribution >= 0.6 is 23.2 Å². The molecule has 0 N–H and O–H groups in total. The highest BCUT2D eigenvalue weighted by atomic mass is 35.5. The van der Waals surface area contributed by atoms with Gasteiger partial charge in [-0.3, -0.25) is 4.79 Å². The molecule has 0 radical (unpaired) electrons. The first-order valence-corrected chi connectivity index (χ1v) is 10.6. The molecule has 158 valence electrons. The van der Waals surface area contributed by atoms with Crippen LogP contribution < -0.4 is 4.74 Å². The van der Waals surface area contributed by atoms with Gasteiger partial charge in [0.25, 0.3) is 5.91 Å². The van der Waals surface area contributed by atoms with Crippen molar-refractivity contribution < 1.29 is 9.53 Å². The Morgan fingerprint density at radius 1 is 1.23 bits per heavy atom. The number of benzene rings is 1. The maximum absolute atomic E-state index is 13.7. The predicted molar refractivity (Wildman–Crippen MR) is 115 cm³/mol. The second-order valence-corrected chi connectivity index (χ2v) is 8.23. The number of hydrogen-bond acceptors (Lipinski definition) is 4. The molecule has 0 spiro atoms. The standard InChI is InChI=1S/C21H23Cl2N5O2/c1-13-17(21(27(3)25-13)30-16-9-6-7-14(22)18(16)23)20(29)28-11-5-4-8-15(28)19-24-10-12-26(19)2/h6-7,9-10,12,15H,4-5,8,11H2,1-3H3. The van der Waals surface area contributed by atoms with Gasteiger partial charge in [0.05, 0.1) is 16.8 Å². The zero-order chi connectivity index (χ0) is 21.4. The van der Waals surface area contributed by atoms with Gasteiger partial charge in [-0.25, -0.2) is 9.67 Å². The number of aromatic nitrogens is 4. The molecular formula is C21H23Cl2N5O2. The van der Waals surface area contributed by atoms with Crippen LogP contribution in [0.4, 0.5) is 0 Å². The summed E-state index contributed by atoms with van der Waals surface area (Å²) in [4.78, 5) is 20.1. The SMILES string of the molecule is Cc1nn(C)c(Oc2cccc(Cl)c2Cl)c1C(=O)N1CCCCC1c1nccn1C. The van der Waals surface area contributed by atoms with E-state index in [1.165, 1.54) is 0 Å². The van der Waals surface area contributed by atoms with E-state index in [9.17, 15) is 4.79 Å². The van der Waals surface area contributed by atoms with Gasteiger partial charge in [-0.2, -0.15) is 5.10 Å². The van der Waals surface area contributed by atoms with Gasteiger partial charge in [0.2, 0.25) is 5.88 Å². The van der Waals surface area contributed by atoms with Crippen molar-refractivity contribution in [2.75, 3.05) is 6.54 Å². The second kappa shape index (κ2) is 8.32. The quantitative estimate of drug-likeness (QED) is 0.568. The monoisotopic (exact) mass is 447 g/mol. The van der Waals surface area contributed by atoms with E-state index in [1.54, 1.807) is 43.0 Å². The summed E-state index contributed by atoms with van der Waals surface area (Å²) >= 11 is 12.4. The van der Waals surface area contributed by atoms with Gasteiger partial charge in [-0.05, 0) is 38.3 Å². The van der Waals surface area contributed by atoms with Crippen LogP contribution in [-0.2, 0) is 14.1 Å². The van der Waals surface area contributed by atoms with Crippen molar-refractivity contribution in [3.05, 3.63) is 57.7 Å². The third-order valence-corrected chi connectivity index (χ3v) is 6.23. The van der Waals surface area contributed by atoms with Crippen LogP contribution in [0.3, 0.4) is 0 Å². The molecule has 4 rings (SSSR count). The number of nitrogens with zero attached hydrogens (tertiary/aromatic N) is 5. The van der Waals surface area contributed by atoms with Crippen LogP contribution in [0.25, 0.3) is 0 Å². The van der Waals surface area contributed by atoms with Crippen LogP contribution in [-0.4, -0.2) is 36.7 Å². The van der Waals surface area contributed by atoms with Crippen molar-refractivity contribution in [2.45, 2.75) is 32.2 Å². The summed E-state index contributed by atoms with van der Waals surface area (Å²) in [7, 11) is 3.69. The summed E-state index contributed by atoms with van der Waals surface area (Å²) in [5, 5.41) is 5.10. The van der Waals surface area contributed by atoms with E-state index < -0.39 is 0 Å². The minimum Gasteiger partial charge on any atom is -0.437 e. The summed E-state index contributed by atoms with van der Waals surface area (Å²) in [6.45, 7) is 2.46. The largest absolute Gasteiger partial charge is 0.437 e. The van der Waals surface area contributed by atoms with E-state index in [0.29, 0.717) is 39.5 Å². The number of imidazole rings is 1. The summed E-state index contributed by atoms with van der Waals surface area (Å²) in [6, 6.07) is 5.05. The van der Waals surface area contributed by atoms with Crippen molar-refractivity contribution in [2.24, 2.45) is 14.1 Å². The van der Waals surface area contributed by atoms with Gasteiger partial charge in [-0.1, -0.05) is 29.3 Å². The van der Waals surface area contributed by atoms with Gasteiger partial charge in [-0.15, -0.1) is 0 Å². The predicted octanol–water partition coefficient (Wildman–Crippen LogP) is 4.93. The smallest absolute Gasteiger partial charge is 0.261 e. The lowest BCUT2D eigenvalue weighted by Crippen LogP contribution is -2.39. The van der Waals surface area contributed by atoms with Crippen molar-refractivity contribution in [3.63, 3.8) is 0 Å². The lowest BCUT2D eigenvalue weighted by molar-refractivity contribution is 0.0593. The fraction of sp³-hybridized carbons (Fsp3) is 0.381. The van der Waals surface area contributed by atoms with Crippen molar-refractivity contribution in [1.29, 1.82) is 0 Å². The van der Waals surface area contributed by atoms with E-state index in [0.717, 1.165) is 25.1 Å². The fourth-order valence-corrected chi connectivity index (χ4v) is 4.28. The molecule has 1 aliphatic heterocycles. The molecule has 0 saturated carbocycles. The van der Waals surface area contributed by atoms with Gasteiger partial charge >= 0.3 is 0 Å². The number of aryl methyl sites for hydroxylation is 3. The number of amides is 1. The Hall–Kier alpha value is -2.51. The molecular weight excluding hydrogens is 425 g/mol. The van der Waals surface area contributed by atoms with Crippen molar-refractivity contribution in [1.82, 2.24) is 24.2 Å². The first-order valence-electron chi connectivity index (χ1n) is 9.82. The Balaban J connectivity index is 1.72. The van der Waals surface area contributed by atoms with Crippen LogP contribution in [0.15, 0.2) is 30.6 Å². The zero-order valence-electron chi connectivity index (χ0n) is 17.1. The van der Waals surface area contributed by atoms with Crippen LogP contribution in [0.1, 0.15) is 47.2 Å². The van der Waals surface area contributed by atoms with Crippen molar-refractivity contribution >= 4 is 29.1 Å². The molecule has 0 bridgehead atoms. The normalized spacial score (nSPS) is 16.7. The van der Waals surface area contributed by atoms with E-state index in [2.05, 4.69) is 10.1 Å². The molecule has 1 unspecified atom stereocenters. The molecule has 1 saturated heterocycles. The summed E-state index contributed by atoms with van der Waals surface area (Å²) in [6.07, 6.45) is 6.53. The maximum Gasteiger partial charge on any atom is 0.261 e. The number of piperidine rings is 1. The van der Waals surface area contributed by atoms with Gasteiger partial charge in [0.15, 0.2) is 0 Å².